The highest BCUT2D eigenvalue weighted by atomic mass is 16.6. The van der Waals surface area contributed by atoms with Gasteiger partial charge in [-0.25, -0.2) is 0 Å². The van der Waals surface area contributed by atoms with Gasteiger partial charge in [-0.3, -0.25) is 10.1 Å². The van der Waals surface area contributed by atoms with Crippen LogP contribution >= 0.6 is 0 Å². The van der Waals surface area contributed by atoms with Crippen molar-refractivity contribution in [3.05, 3.63) is 28.0 Å². The Hall–Kier alpha value is -1.36. The molecule has 1 N–H and O–H groups in total. The van der Waals surface area contributed by atoms with Gasteiger partial charge in [0.05, 0.1) is 12.6 Å². The zero-order valence-corrected chi connectivity index (χ0v) is 10.7. The molecule has 1 fully saturated rings. The molecule has 5 heteroatoms. The molecule has 0 bridgehead atoms. The van der Waals surface area contributed by atoms with E-state index in [0.29, 0.717) is 18.3 Å². The minimum Gasteiger partial charge on any atom is -0.404 e. The number of furan rings is 1. The minimum absolute atomic E-state index is 0.179. The Balaban J connectivity index is 1.81. The van der Waals surface area contributed by atoms with Crippen molar-refractivity contribution in [1.29, 1.82) is 0 Å². The molecule has 0 saturated heterocycles. The predicted octanol–water partition coefficient (Wildman–Crippen LogP) is 3.25. The molecule has 2 rings (SSSR count). The van der Waals surface area contributed by atoms with E-state index in [2.05, 4.69) is 12.2 Å². The third kappa shape index (κ3) is 3.32. The molecule has 18 heavy (non-hydrogen) atoms. The topological polar surface area (TPSA) is 68.3 Å². The van der Waals surface area contributed by atoms with Gasteiger partial charge >= 0.3 is 5.88 Å². The standard InChI is InChI=1S/C13H20N2O3/c1-2-10-4-3-5-11(8-10)14-9-12-6-7-13(18-12)15(16)17/h6-7,10-11,14H,2-5,8-9H2,1H3. The van der Waals surface area contributed by atoms with Gasteiger partial charge in [0.1, 0.15) is 10.7 Å². The molecule has 1 aliphatic carbocycles. The lowest BCUT2D eigenvalue weighted by atomic mass is 9.84. The lowest BCUT2D eigenvalue weighted by Crippen LogP contribution is -2.33. The summed E-state index contributed by atoms with van der Waals surface area (Å²) in [6, 6.07) is 3.60. The van der Waals surface area contributed by atoms with Crippen molar-refractivity contribution in [2.24, 2.45) is 5.92 Å². The van der Waals surface area contributed by atoms with Crippen molar-refractivity contribution in [2.45, 2.75) is 51.6 Å². The van der Waals surface area contributed by atoms with Gasteiger partial charge in [-0.2, -0.15) is 0 Å². The molecule has 1 aromatic rings. The van der Waals surface area contributed by atoms with E-state index in [1.54, 1.807) is 6.07 Å². The van der Waals surface area contributed by atoms with E-state index < -0.39 is 4.92 Å². The Bertz CT molecular complexity index is 403. The molecule has 1 saturated carbocycles. The Labute approximate surface area is 107 Å². The van der Waals surface area contributed by atoms with Gasteiger partial charge in [0.15, 0.2) is 0 Å². The predicted molar refractivity (Wildman–Crippen MR) is 68.2 cm³/mol. The average molecular weight is 252 g/mol. The zero-order valence-electron chi connectivity index (χ0n) is 10.7. The van der Waals surface area contributed by atoms with Crippen LogP contribution < -0.4 is 5.32 Å². The fourth-order valence-electron chi connectivity index (χ4n) is 2.65. The Kier molecular flexibility index (Phi) is 4.36. The highest BCUT2D eigenvalue weighted by Gasteiger charge is 2.20. The second-order valence-electron chi connectivity index (χ2n) is 5.02. The summed E-state index contributed by atoms with van der Waals surface area (Å²) in [5.74, 6) is 1.28. The summed E-state index contributed by atoms with van der Waals surface area (Å²) < 4.78 is 5.13. The largest absolute Gasteiger partial charge is 0.433 e. The quantitative estimate of drug-likeness (QED) is 0.645. The number of nitrogens with one attached hydrogen (secondary N) is 1. The molecule has 0 radical (unpaired) electrons. The number of nitro groups is 1. The van der Waals surface area contributed by atoms with Gasteiger partial charge in [0.25, 0.3) is 0 Å². The van der Waals surface area contributed by atoms with Gasteiger partial charge in [0, 0.05) is 6.04 Å². The smallest absolute Gasteiger partial charge is 0.404 e. The Morgan fingerprint density at radius 1 is 1.50 bits per heavy atom. The molecule has 0 aromatic carbocycles. The van der Waals surface area contributed by atoms with E-state index in [-0.39, 0.29) is 5.88 Å². The first-order chi connectivity index (χ1) is 8.69. The number of rotatable bonds is 5. The summed E-state index contributed by atoms with van der Waals surface area (Å²) >= 11 is 0. The summed E-state index contributed by atoms with van der Waals surface area (Å²) in [5.41, 5.74) is 0. The van der Waals surface area contributed by atoms with Crippen LogP contribution in [0.5, 0.6) is 0 Å². The van der Waals surface area contributed by atoms with Gasteiger partial charge in [-0.15, -0.1) is 0 Å². The maximum Gasteiger partial charge on any atom is 0.433 e. The van der Waals surface area contributed by atoms with Crippen LogP contribution in [0.25, 0.3) is 0 Å². The van der Waals surface area contributed by atoms with Crippen LogP contribution in [0.3, 0.4) is 0 Å². The molecule has 1 aromatic heterocycles. The van der Waals surface area contributed by atoms with Crippen molar-refractivity contribution >= 4 is 5.88 Å². The third-order valence-electron chi connectivity index (χ3n) is 3.75. The SMILES string of the molecule is CCC1CCCC(NCc2ccc([N+](=O)[O-])o2)C1. The van der Waals surface area contributed by atoms with E-state index in [9.17, 15) is 10.1 Å². The second kappa shape index (κ2) is 6.00. The third-order valence-corrected chi connectivity index (χ3v) is 3.75. The van der Waals surface area contributed by atoms with Gasteiger partial charge in [-0.1, -0.05) is 26.2 Å². The second-order valence-corrected chi connectivity index (χ2v) is 5.02. The van der Waals surface area contributed by atoms with E-state index in [1.165, 1.54) is 38.2 Å². The number of hydrogen-bond donors (Lipinski definition) is 1. The van der Waals surface area contributed by atoms with Gasteiger partial charge in [-0.05, 0) is 24.8 Å². The molecule has 1 aliphatic rings. The van der Waals surface area contributed by atoms with Crippen molar-refractivity contribution in [2.75, 3.05) is 0 Å². The maximum atomic E-state index is 10.5. The average Bonchev–Trinajstić information content (AvgIpc) is 2.85. The monoisotopic (exact) mass is 252 g/mol. The van der Waals surface area contributed by atoms with Crippen LogP contribution in [0.2, 0.25) is 0 Å². The zero-order chi connectivity index (χ0) is 13.0. The van der Waals surface area contributed by atoms with Gasteiger partial charge < -0.3 is 9.73 Å². The van der Waals surface area contributed by atoms with Crippen LogP contribution in [0.15, 0.2) is 16.5 Å². The summed E-state index contributed by atoms with van der Waals surface area (Å²) in [6.45, 7) is 2.82. The van der Waals surface area contributed by atoms with Crippen LogP contribution in [0.4, 0.5) is 5.88 Å². The normalized spacial score (nSPS) is 24.1. The van der Waals surface area contributed by atoms with Crippen LogP contribution in [-0.4, -0.2) is 11.0 Å². The van der Waals surface area contributed by atoms with E-state index in [4.69, 9.17) is 4.42 Å². The lowest BCUT2D eigenvalue weighted by Gasteiger charge is -2.28. The molecule has 0 amide bonds. The summed E-state index contributed by atoms with van der Waals surface area (Å²) in [5, 5.41) is 13.9. The van der Waals surface area contributed by atoms with Gasteiger partial charge in [0.2, 0.25) is 0 Å². The van der Waals surface area contributed by atoms with E-state index >= 15 is 0 Å². The first-order valence-electron chi connectivity index (χ1n) is 6.65. The summed E-state index contributed by atoms with van der Waals surface area (Å²) in [6.07, 6.45) is 6.25. The Morgan fingerprint density at radius 3 is 3.00 bits per heavy atom. The number of hydrogen-bond acceptors (Lipinski definition) is 4. The molecule has 0 aliphatic heterocycles. The molecule has 2 atom stereocenters. The first kappa shape index (κ1) is 13.1. The minimum atomic E-state index is -0.503. The van der Waals surface area contributed by atoms with E-state index in [0.717, 1.165) is 5.92 Å². The van der Waals surface area contributed by atoms with E-state index in [1.807, 2.05) is 0 Å². The summed E-state index contributed by atoms with van der Waals surface area (Å²) in [4.78, 5) is 9.99. The maximum absolute atomic E-state index is 10.5. The molecule has 1 heterocycles. The highest BCUT2D eigenvalue weighted by Crippen LogP contribution is 2.26. The van der Waals surface area contributed by atoms with Crippen LogP contribution in [0, 0.1) is 16.0 Å². The molecule has 0 spiro atoms. The van der Waals surface area contributed by atoms with Crippen LogP contribution in [0.1, 0.15) is 44.8 Å². The molecular weight excluding hydrogens is 232 g/mol. The summed E-state index contributed by atoms with van der Waals surface area (Å²) in [7, 11) is 0. The van der Waals surface area contributed by atoms with Crippen molar-refractivity contribution in [1.82, 2.24) is 5.32 Å². The highest BCUT2D eigenvalue weighted by molar-refractivity contribution is 5.17. The lowest BCUT2D eigenvalue weighted by molar-refractivity contribution is -0.402. The molecule has 100 valence electrons. The molecule has 5 nitrogen and oxygen atoms in total. The molecular formula is C13H20N2O3. The fraction of sp³-hybridized carbons (Fsp3) is 0.692. The van der Waals surface area contributed by atoms with Crippen molar-refractivity contribution in [3.63, 3.8) is 0 Å². The van der Waals surface area contributed by atoms with Crippen LogP contribution in [-0.2, 0) is 6.54 Å². The Morgan fingerprint density at radius 2 is 2.33 bits per heavy atom. The fourth-order valence-corrected chi connectivity index (χ4v) is 2.65. The molecule has 2 unspecified atom stereocenters. The van der Waals surface area contributed by atoms with Crippen molar-refractivity contribution < 1.29 is 9.34 Å². The van der Waals surface area contributed by atoms with Crippen molar-refractivity contribution in [3.8, 4) is 0 Å². The first-order valence-corrected chi connectivity index (χ1v) is 6.65. The number of nitrogens with zero attached hydrogens (tertiary/aromatic N) is 1.